The molecule has 0 amide bonds. The summed E-state index contributed by atoms with van der Waals surface area (Å²) in [6.45, 7) is 5.89. The summed E-state index contributed by atoms with van der Waals surface area (Å²) in [6, 6.07) is 10.3. The fourth-order valence-electron chi connectivity index (χ4n) is 1.38. The first kappa shape index (κ1) is 12.7. The Kier molecular flexibility index (Phi) is 5.54. The molecule has 0 fully saturated rings. The molecule has 0 aliphatic heterocycles. The third-order valence-electron chi connectivity index (χ3n) is 2.49. The van der Waals surface area contributed by atoms with Crippen LogP contribution in [0.5, 0.6) is 0 Å². The SMILES string of the molecule is C=CC(C)C(/C=C/c1ccccc1)NOC. The first-order valence-electron chi connectivity index (χ1n) is 5.42. The number of rotatable bonds is 6. The predicted octanol–water partition coefficient (Wildman–Crippen LogP) is 3.04. The normalized spacial score (nSPS) is 14.9. The highest BCUT2D eigenvalue weighted by molar-refractivity contribution is 5.49. The summed E-state index contributed by atoms with van der Waals surface area (Å²) in [5, 5.41) is 0. The van der Waals surface area contributed by atoms with Gasteiger partial charge in [-0.25, -0.2) is 0 Å². The maximum absolute atomic E-state index is 4.97. The Balaban J connectivity index is 2.67. The van der Waals surface area contributed by atoms with Crippen LogP contribution in [0.4, 0.5) is 0 Å². The van der Waals surface area contributed by atoms with Gasteiger partial charge in [-0.1, -0.05) is 55.5 Å². The minimum Gasteiger partial charge on any atom is -0.305 e. The average Bonchev–Trinajstić information content (AvgIpc) is 2.34. The van der Waals surface area contributed by atoms with Gasteiger partial charge < -0.3 is 4.84 Å². The summed E-state index contributed by atoms with van der Waals surface area (Å²) in [5.41, 5.74) is 4.13. The van der Waals surface area contributed by atoms with Gasteiger partial charge in [-0.05, 0) is 11.5 Å². The quantitative estimate of drug-likeness (QED) is 0.584. The van der Waals surface area contributed by atoms with Gasteiger partial charge in [0.15, 0.2) is 0 Å². The molecule has 0 aliphatic rings. The van der Waals surface area contributed by atoms with Crippen molar-refractivity contribution in [3.63, 3.8) is 0 Å². The topological polar surface area (TPSA) is 21.3 Å². The van der Waals surface area contributed by atoms with Crippen molar-refractivity contribution in [3.05, 3.63) is 54.6 Å². The summed E-state index contributed by atoms with van der Waals surface area (Å²) < 4.78 is 0. The van der Waals surface area contributed by atoms with Crippen LogP contribution in [-0.2, 0) is 4.84 Å². The molecule has 0 saturated carbocycles. The molecule has 1 rings (SSSR count). The molecule has 2 nitrogen and oxygen atoms in total. The van der Waals surface area contributed by atoms with E-state index in [1.165, 1.54) is 5.56 Å². The molecule has 0 aliphatic carbocycles. The summed E-state index contributed by atoms with van der Waals surface area (Å²) >= 11 is 0. The molecule has 1 aromatic rings. The van der Waals surface area contributed by atoms with Gasteiger partial charge in [0, 0.05) is 0 Å². The second kappa shape index (κ2) is 6.99. The number of nitrogens with one attached hydrogen (secondary N) is 1. The highest BCUT2D eigenvalue weighted by Gasteiger charge is 2.09. The lowest BCUT2D eigenvalue weighted by Gasteiger charge is -2.17. The minimum absolute atomic E-state index is 0.141. The maximum Gasteiger partial charge on any atom is 0.0572 e. The van der Waals surface area contributed by atoms with E-state index in [-0.39, 0.29) is 6.04 Å². The van der Waals surface area contributed by atoms with E-state index < -0.39 is 0 Å². The van der Waals surface area contributed by atoms with E-state index in [0.717, 1.165) is 0 Å². The molecular formula is C14H19NO. The minimum atomic E-state index is 0.141. The van der Waals surface area contributed by atoms with E-state index in [1.807, 2.05) is 24.3 Å². The summed E-state index contributed by atoms with van der Waals surface area (Å²) in [7, 11) is 1.62. The van der Waals surface area contributed by atoms with Crippen molar-refractivity contribution in [1.29, 1.82) is 0 Å². The maximum atomic E-state index is 4.97. The van der Waals surface area contributed by atoms with Crippen LogP contribution in [0.1, 0.15) is 12.5 Å². The van der Waals surface area contributed by atoms with Gasteiger partial charge in [-0.3, -0.25) is 0 Å². The smallest absolute Gasteiger partial charge is 0.0572 e. The molecule has 2 unspecified atom stereocenters. The molecule has 0 bridgehead atoms. The molecular weight excluding hydrogens is 198 g/mol. The van der Waals surface area contributed by atoms with E-state index in [2.05, 4.69) is 43.3 Å². The Morgan fingerprint density at radius 2 is 2.00 bits per heavy atom. The molecule has 2 heteroatoms. The van der Waals surface area contributed by atoms with Gasteiger partial charge in [-0.15, -0.1) is 6.58 Å². The van der Waals surface area contributed by atoms with Crippen molar-refractivity contribution in [2.24, 2.45) is 5.92 Å². The molecule has 0 saturated heterocycles. The molecule has 86 valence electrons. The number of hydrogen-bond acceptors (Lipinski definition) is 2. The van der Waals surface area contributed by atoms with Crippen molar-refractivity contribution in [2.75, 3.05) is 7.11 Å². The number of benzene rings is 1. The highest BCUT2D eigenvalue weighted by Crippen LogP contribution is 2.09. The number of hydrogen-bond donors (Lipinski definition) is 1. The first-order chi connectivity index (χ1) is 7.77. The van der Waals surface area contributed by atoms with E-state index in [4.69, 9.17) is 4.84 Å². The number of hydroxylamine groups is 1. The third kappa shape index (κ3) is 4.01. The van der Waals surface area contributed by atoms with Crippen LogP contribution in [-0.4, -0.2) is 13.2 Å². The van der Waals surface area contributed by atoms with Gasteiger partial charge in [0.1, 0.15) is 0 Å². The lowest BCUT2D eigenvalue weighted by atomic mass is 10.0. The van der Waals surface area contributed by atoms with Gasteiger partial charge in [0.2, 0.25) is 0 Å². The van der Waals surface area contributed by atoms with Crippen molar-refractivity contribution in [1.82, 2.24) is 5.48 Å². The van der Waals surface area contributed by atoms with Gasteiger partial charge in [0.05, 0.1) is 13.2 Å². The fraction of sp³-hybridized carbons (Fsp3) is 0.286. The van der Waals surface area contributed by atoms with Gasteiger partial charge in [0.25, 0.3) is 0 Å². The van der Waals surface area contributed by atoms with Crippen LogP contribution < -0.4 is 5.48 Å². The average molecular weight is 217 g/mol. The van der Waals surface area contributed by atoms with Crippen molar-refractivity contribution >= 4 is 6.08 Å². The molecule has 0 aromatic heterocycles. The Labute approximate surface area is 97.6 Å². The first-order valence-corrected chi connectivity index (χ1v) is 5.42. The molecule has 2 atom stereocenters. The van der Waals surface area contributed by atoms with Crippen LogP contribution in [0.3, 0.4) is 0 Å². The van der Waals surface area contributed by atoms with Crippen LogP contribution in [0.15, 0.2) is 49.1 Å². The molecule has 1 N–H and O–H groups in total. The molecule has 16 heavy (non-hydrogen) atoms. The largest absolute Gasteiger partial charge is 0.305 e. The zero-order chi connectivity index (χ0) is 11.8. The van der Waals surface area contributed by atoms with Crippen LogP contribution in [0, 0.1) is 5.92 Å². The van der Waals surface area contributed by atoms with Crippen LogP contribution in [0.2, 0.25) is 0 Å². The molecule has 1 aromatic carbocycles. The summed E-state index contributed by atoms with van der Waals surface area (Å²) in [4.78, 5) is 4.97. The van der Waals surface area contributed by atoms with Gasteiger partial charge >= 0.3 is 0 Å². The Hall–Kier alpha value is -1.38. The highest BCUT2D eigenvalue weighted by atomic mass is 16.6. The molecule has 0 heterocycles. The molecule has 0 spiro atoms. The molecule has 0 radical (unpaired) electrons. The lowest BCUT2D eigenvalue weighted by molar-refractivity contribution is 0.0648. The second-order valence-electron chi connectivity index (χ2n) is 3.71. The summed E-state index contributed by atoms with van der Waals surface area (Å²) in [5.74, 6) is 0.319. The van der Waals surface area contributed by atoms with Crippen molar-refractivity contribution in [3.8, 4) is 0 Å². The van der Waals surface area contributed by atoms with Crippen LogP contribution in [0.25, 0.3) is 6.08 Å². The van der Waals surface area contributed by atoms with Gasteiger partial charge in [-0.2, -0.15) is 5.48 Å². The van der Waals surface area contributed by atoms with Crippen LogP contribution >= 0.6 is 0 Å². The van der Waals surface area contributed by atoms with E-state index in [0.29, 0.717) is 5.92 Å². The van der Waals surface area contributed by atoms with E-state index in [9.17, 15) is 0 Å². The monoisotopic (exact) mass is 217 g/mol. The lowest BCUT2D eigenvalue weighted by Crippen LogP contribution is -2.31. The Bertz CT molecular complexity index is 332. The Morgan fingerprint density at radius 3 is 2.56 bits per heavy atom. The summed E-state index contributed by atoms with van der Waals surface area (Å²) in [6.07, 6.45) is 6.08. The Morgan fingerprint density at radius 1 is 1.31 bits per heavy atom. The zero-order valence-corrected chi connectivity index (χ0v) is 9.89. The fourth-order valence-corrected chi connectivity index (χ4v) is 1.38. The third-order valence-corrected chi connectivity index (χ3v) is 2.49. The second-order valence-corrected chi connectivity index (χ2v) is 3.71. The standard InChI is InChI=1S/C14H19NO/c1-4-12(2)14(15-16-3)11-10-13-8-6-5-7-9-13/h4-12,14-15H,1H2,2-3H3/b11-10+. The zero-order valence-electron chi connectivity index (χ0n) is 9.89. The van der Waals surface area contributed by atoms with E-state index in [1.54, 1.807) is 7.11 Å². The van der Waals surface area contributed by atoms with Crippen molar-refractivity contribution in [2.45, 2.75) is 13.0 Å². The van der Waals surface area contributed by atoms with E-state index >= 15 is 0 Å². The predicted molar refractivity (Wildman–Crippen MR) is 68.8 cm³/mol. The van der Waals surface area contributed by atoms with Crippen molar-refractivity contribution < 1.29 is 4.84 Å².